The van der Waals surface area contributed by atoms with E-state index in [-0.39, 0.29) is 11.9 Å². The summed E-state index contributed by atoms with van der Waals surface area (Å²) >= 11 is 0. The number of amides is 1. The number of hydrogen-bond acceptors (Lipinski definition) is 4. The highest BCUT2D eigenvalue weighted by Crippen LogP contribution is 2.21. The van der Waals surface area contributed by atoms with E-state index in [0.717, 1.165) is 42.9 Å². The number of anilines is 1. The van der Waals surface area contributed by atoms with Gasteiger partial charge in [-0.25, -0.2) is 4.98 Å². The summed E-state index contributed by atoms with van der Waals surface area (Å²) < 4.78 is 7.48. The van der Waals surface area contributed by atoms with Crippen molar-refractivity contribution in [1.29, 1.82) is 0 Å². The molecule has 1 amide bonds. The first-order valence-electron chi connectivity index (χ1n) is 10.7. The first kappa shape index (κ1) is 20.4. The highest BCUT2D eigenvalue weighted by Gasteiger charge is 2.14. The normalized spacial score (nSPS) is 15.4. The van der Waals surface area contributed by atoms with Crippen molar-refractivity contribution in [3.63, 3.8) is 0 Å². The predicted octanol–water partition coefficient (Wildman–Crippen LogP) is 3.76. The highest BCUT2D eigenvalue weighted by atomic mass is 16.5. The van der Waals surface area contributed by atoms with Gasteiger partial charge in [0, 0.05) is 31.7 Å². The van der Waals surface area contributed by atoms with E-state index in [1.807, 2.05) is 13.3 Å². The largest absolute Gasteiger partial charge is 0.378 e. The van der Waals surface area contributed by atoms with Crippen LogP contribution in [0.1, 0.15) is 36.1 Å². The van der Waals surface area contributed by atoms with Crippen LogP contribution >= 0.6 is 0 Å². The molecule has 6 nitrogen and oxygen atoms in total. The van der Waals surface area contributed by atoms with Crippen LogP contribution in [-0.2, 0) is 16.1 Å². The van der Waals surface area contributed by atoms with Crippen molar-refractivity contribution in [2.75, 3.05) is 31.2 Å². The number of aryl methyl sites for hydroxylation is 3. The summed E-state index contributed by atoms with van der Waals surface area (Å²) in [6.07, 6.45) is 2.25. The molecule has 0 spiro atoms. The van der Waals surface area contributed by atoms with Gasteiger partial charge in [-0.3, -0.25) is 4.79 Å². The average molecular weight is 407 g/mol. The number of aromatic nitrogens is 2. The van der Waals surface area contributed by atoms with Crippen molar-refractivity contribution in [2.45, 2.75) is 39.8 Å². The molecule has 1 aliphatic heterocycles. The van der Waals surface area contributed by atoms with Gasteiger partial charge in [0.25, 0.3) is 0 Å². The van der Waals surface area contributed by atoms with Gasteiger partial charge in [-0.2, -0.15) is 0 Å². The molecule has 2 heterocycles. The van der Waals surface area contributed by atoms with Crippen LogP contribution in [0.3, 0.4) is 0 Å². The second kappa shape index (κ2) is 8.88. The number of morpholine rings is 1. The minimum absolute atomic E-state index is 0.0272. The molecule has 0 bridgehead atoms. The lowest BCUT2D eigenvalue weighted by Crippen LogP contribution is -2.36. The van der Waals surface area contributed by atoms with E-state index >= 15 is 0 Å². The number of fused-ring (bicyclic) bond motifs is 1. The van der Waals surface area contributed by atoms with Crippen LogP contribution in [-0.4, -0.2) is 41.8 Å². The number of rotatable bonds is 6. The van der Waals surface area contributed by atoms with Gasteiger partial charge in [0.2, 0.25) is 5.91 Å². The summed E-state index contributed by atoms with van der Waals surface area (Å²) in [5, 5.41) is 3.12. The molecule has 0 saturated carbocycles. The zero-order chi connectivity index (χ0) is 21.1. The fourth-order valence-corrected chi connectivity index (χ4v) is 3.91. The predicted molar refractivity (Wildman–Crippen MR) is 120 cm³/mol. The number of nitrogens with one attached hydrogen (secondary N) is 1. The Kier molecular flexibility index (Phi) is 6.04. The molecule has 1 fully saturated rings. The quantitative estimate of drug-likeness (QED) is 0.677. The Morgan fingerprint density at radius 3 is 2.57 bits per heavy atom. The summed E-state index contributed by atoms with van der Waals surface area (Å²) in [5.41, 5.74) is 6.85. The smallest absolute Gasteiger partial charge is 0.222 e. The Labute approximate surface area is 177 Å². The molecule has 1 N–H and O–H groups in total. The van der Waals surface area contributed by atoms with Crippen LogP contribution in [0.4, 0.5) is 5.69 Å². The number of hydrogen-bond donors (Lipinski definition) is 1. The van der Waals surface area contributed by atoms with Crippen LogP contribution in [0.5, 0.6) is 0 Å². The molecule has 30 heavy (non-hydrogen) atoms. The lowest BCUT2D eigenvalue weighted by molar-refractivity contribution is -0.121. The molecule has 2 aromatic carbocycles. The van der Waals surface area contributed by atoms with Gasteiger partial charge >= 0.3 is 0 Å². The summed E-state index contributed by atoms with van der Waals surface area (Å²) in [6, 6.07) is 12.7. The van der Waals surface area contributed by atoms with Gasteiger partial charge in [0.15, 0.2) is 0 Å². The van der Waals surface area contributed by atoms with E-state index in [4.69, 9.17) is 4.74 Å². The zero-order valence-electron chi connectivity index (χ0n) is 18.0. The molecular formula is C24H30N4O2. The third kappa shape index (κ3) is 4.49. The zero-order valence-corrected chi connectivity index (χ0v) is 18.0. The fraction of sp³-hybridized carbons (Fsp3) is 0.417. The minimum Gasteiger partial charge on any atom is -0.378 e. The Balaban J connectivity index is 1.33. The molecule has 1 aliphatic rings. The van der Waals surface area contributed by atoms with E-state index in [1.165, 1.54) is 16.8 Å². The van der Waals surface area contributed by atoms with Gasteiger partial charge in [0.05, 0.1) is 36.6 Å². The molecule has 1 saturated heterocycles. The summed E-state index contributed by atoms with van der Waals surface area (Å²) in [5.74, 6) is 0.0467. The van der Waals surface area contributed by atoms with E-state index in [0.29, 0.717) is 13.0 Å². The van der Waals surface area contributed by atoms with Crippen molar-refractivity contribution in [3.05, 3.63) is 59.4 Å². The third-order valence-corrected chi connectivity index (χ3v) is 5.96. The third-order valence-electron chi connectivity index (χ3n) is 5.96. The first-order chi connectivity index (χ1) is 14.5. The van der Waals surface area contributed by atoms with E-state index in [2.05, 4.69) is 70.0 Å². The van der Waals surface area contributed by atoms with Crippen molar-refractivity contribution < 1.29 is 9.53 Å². The summed E-state index contributed by atoms with van der Waals surface area (Å²) in [7, 11) is 0. The average Bonchev–Trinajstić information content (AvgIpc) is 3.15. The summed E-state index contributed by atoms with van der Waals surface area (Å²) in [6.45, 7) is 10.2. The van der Waals surface area contributed by atoms with Gasteiger partial charge in [0.1, 0.15) is 0 Å². The van der Waals surface area contributed by atoms with Crippen molar-refractivity contribution in [3.8, 4) is 0 Å². The Morgan fingerprint density at radius 1 is 1.13 bits per heavy atom. The number of benzene rings is 2. The molecule has 6 heteroatoms. The van der Waals surface area contributed by atoms with Crippen LogP contribution in [0.2, 0.25) is 0 Å². The second-order valence-corrected chi connectivity index (χ2v) is 8.09. The standard InChI is InChI=1S/C24H30N4O2/c1-17-14-22-23(15-18(17)2)28(16-25-22)9-8-24(29)26-19(3)20-4-6-21(7-5-20)27-10-12-30-13-11-27/h4-7,14-16,19H,8-13H2,1-3H3,(H,26,29)/t19-/m0/s1. The number of imidazole rings is 1. The maximum Gasteiger partial charge on any atom is 0.222 e. The van der Waals surface area contributed by atoms with E-state index in [9.17, 15) is 4.79 Å². The lowest BCUT2D eigenvalue weighted by Gasteiger charge is -2.29. The van der Waals surface area contributed by atoms with E-state index < -0.39 is 0 Å². The molecule has 0 aliphatic carbocycles. The van der Waals surface area contributed by atoms with Crippen molar-refractivity contribution >= 4 is 22.6 Å². The molecule has 0 radical (unpaired) electrons. The molecule has 158 valence electrons. The lowest BCUT2D eigenvalue weighted by atomic mass is 10.1. The van der Waals surface area contributed by atoms with Crippen LogP contribution in [0.25, 0.3) is 11.0 Å². The number of ether oxygens (including phenoxy) is 1. The van der Waals surface area contributed by atoms with Gasteiger partial charge in [-0.15, -0.1) is 0 Å². The maximum atomic E-state index is 12.5. The molecule has 1 atom stereocenters. The monoisotopic (exact) mass is 406 g/mol. The highest BCUT2D eigenvalue weighted by molar-refractivity contribution is 5.79. The van der Waals surface area contributed by atoms with Gasteiger partial charge < -0.3 is 19.5 Å². The molecule has 4 rings (SSSR count). The molecule has 3 aromatic rings. The van der Waals surface area contributed by atoms with Gasteiger partial charge in [-0.1, -0.05) is 12.1 Å². The van der Waals surface area contributed by atoms with Crippen molar-refractivity contribution in [1.82, 2.24) is 14.9 Å². The van der Waals surface area contributed by atoms with Crippen LogP contribution < -0.4 is 10.2 Å². The van der Waals surface area contributed by atoms with Crippen LogP contribution in [0.15, 0.2) is 42.7 Å². The van der Waals surface area contributed by atoms with Crippen molar-refractivity contribution in [2.24, 2.45) is 0 Å². The number of carbonyl (C=O) groups is 1. The second-order valence-electron chi connectivity index (χ2n) is 8.09. The minimum atomic E-state index is -0.0272. The summed E-state index contributed by atoms with van der Waals surface area (Å²) in [4.78, 5) is 19.3. The van der Waals surface area contributed by atoms with Gasteiger partial charge in [-0.05, 0) is 61.7 Å². The SMILES string of the molecule is Cc1cc2ncn(CCC(=O)N[C@@H](C)c3ccc(N4CCOCC4)cc3)c2cc1C. The van der Waals surface area contributed by atoms with E-state index in [1.54, 1.807) is 0 Å². The molecule has 0 unspecified atom stereocenters. The maximum absolute atomic E-state index is 12.5. The Hall–Kier alpha value is -2.86. The molecular weight excluding hydrogens is 376 g/mol. The number of carbonyl (C=O) groups excluding carboxylic acids is 1. The molecule has 1 aromatic heterocycles. The topological polar surface area (TPSA) is 59.4 Å². The Bertz CT molecular complexity index is 1020. The van der Waals surface area contributed by atoms with Crippen LogP contribution in [0, 0.1) is 13.8 Å². The first-order valence-corrected chi connectivity index (χ1v) is 10.7. The fourth-order valence-electron chi connectivity index (χ4n) is 3.91. The Morgan fingerprint density at radius 2 is 1.83 bits per heavy atom. The number of nitrogens with zero attached hydrogens (tertiary/aromatic N) is 3.